The van der Waals surface area contributed by atoms with E-state index in [0.717, 1.165) is 27.4 Å². The Hall–Kier alpha value is -1.68. The number of hydrogen-bond acceptors (Lipinski definition) is 3. The Morgan fingerprint density at radius 2 is 2.33 bits per heavy atom. The van der Waals surface area contributed by atoms with Crippen molar-refractivity contribution >= 4 is 22.4 Å². The van der Waals surface area contributed by atoms with E-state index in [0.29, 0.717) is 0 Å². The van der Waals surface area contributed by atoms with Crippen LogP contribution in [0.1, 0.15) is 5.69 Å². The van der Waals surface area contributed by atoms with Gasteiger partial charge in [0.2, 0.25) is 0 Å². The van der Waals surface area contributed by atoms with Gasteiger partial charge in [0.15, 0.2) is 0 Å². The molecule has 0 saturated heterocycles. The Bertz CT molecular complexity index is 576. The lowest BCUT2D eigenvalue weighted by atomic mass is 10.4. The van der Waals surface area contributed by atoms with Crippen LogP contribution in [0.5, 0.6) is 0 Å². The number of H-pyrrole nitrogens is 1. The molecule has 0 amide bonds. The number of nitrogens with one attached hydrogen (secondary N) is 1. The van der Waals surface area contributed by atoms with Crippen molar-refractivity contribution < 1.29 is 0 Å². The maximum Gasteiger partial charge on any atom is 0.140 e. The predicted octanol–water partition coefficient (Wildman–Crippen LogP) is 2.99. The molecule has 0 fully saturated rings. The third-order valence-electron chi connectivity index (χ3n) is 2.24. The molecule has 3 aromatic heterocycles. The first-order valence-electron chi connectivity index (χ1n) is 4.69. The molecule has 3 heterocycles. The Kier molecular flexibility index (Phi) is 1.82. The summed E-state index contributed by atoms with van der Waals surface area (Å²) in [7, 11) is 0. The fourth-order valence-electron chi connectivity index (χ4n) is 1.55. The lowest BCUT2D eigenvalue weighted by molar-refractivity contribution is 1.25. The van der Waals surface area contributed by atoms with Crippen molar-refractivity contribution in [3.05, 3.63) is 35.5 Å². The lowest BCUT2D eigenvalue weighted by Gasteiger charge is -1.87. The second-order valence-corrected chi connectivity index (χ2v) is 4.27. The smallest absolute Gasteiger partial charge is 0.140 e. The van der Waals surface area contributed by atoms with Crippen molar-refractivity contribution in [2.75, 3.05) is 0 Å². The van der Waals surface area contributed by atoms with Crippen LogP contribution >= 0.6 is 11.3 Å². The first-order chi connectivity index (χ1) is 7.33. The van der Waals surface area contributed by atoms with Gasteiger partial charge in [-0.2, -0.15) is 0 Å². The van der Waals surface area contributed by atoms with Gasteiger partial charge in [-0.3, -0.25) is 4.98 Å². The average Bonchev–Trinajstić information content (AvgIpc) is 2.82. The van der Waals surface area contributed by atoms with Crippen LogP contribution in [0.3, 0.4) is 0 Å². The molecule has 0 aromatic carbocycles. The minimum Gasteiger partial charge on any atom is -0.351 e. The number of thiazole rings is 1. The number of aryl methyl sites for hydroxylation is 1. The van der Waals surface area contributed by atoms with Crippen LogP contribution in [-0.2, 0) is 0 Å². The Morgan fingerprint density at radius 3 is 3.07 bits per heavy atom. The Labute approximate surface area is 90.8 Å². The molecule has 1 N–H and O–H groups in total. The van der Waals surface area contributed by atoms with E-state index < -0.39 is 0 Å². The number of aromatic amines is 1. The van der Waals surface area contributed by atoms with Crippen LogP contribution in [0.4, 0.5) is 0 Å². The molecule has 0 atom stereocenters. The number of rotatable bonds is 1. The van der Waals surface area contributed by atoms with E-state index in [1.165, 1.54) is 0 Å². The van der Waals surface area contributed by atoms with Gasteiger partial charge in [0, 0.05) is 17.3 Å². The first kappa shape index (κ1) is 8.61. The van der Waals surface area contributed by atoms with Crippen molar-refractivity contribution in [3.63, 3.8) is 0 Å². The van der Waals surface area contributed by atoms with E-state index in [4.69, 9.17) is 0 Å². The van der Waals surface area contributed by atoms with Gasteiger partial charge >= 0.3 is 0 Å². The molecule has 0 bridgehead atoms. The summed E-state index contributed by atoms with van der Waals surface area (Å²) in [6.07, 6.45) is 1.80. The van der Waals surface area contributed by atoms with Crippen molar-refractivity contribution in [2.24, 2.45) is 0 Å². The number of pyridine rings is 1. The van der Waals surface area contributed by atoms with Gasteiger partial charge in [0.25, 0.3) is 0 Å². The highest BCUT2D eigenvalue weighted by molar-refractivity contribution is 7.13. The second-order valence-electron chi connectivity index (χ2n) is 3.41. The molecule has 0 unspecified atom stereocenters. The molecular weight excluding hydrogens is 206 g/mol. The SMILES string of the molecule is Cc1csc(-c2cc3ncccc3[nH]2)n1. The highest BCUT2D eigenvalue weighted by atomic mass is 32.1. The van der Waals surface area contributed by atoms with E-state index in [1.54, 1.807) is 17.5 Å². The fraction of sp³-hybridized carbons (Fsp3) is 0.0909. The van der Waals surface area contributed by atoms with Gasteiger partial charge in [-0.1, -0.05) is 0 Å². The van der Waals surface area contributed by atoms with E-state index >= 15 is 0 Å². The van der Waals surface area contributed by atoms with E-state index in [-0.39, 0.29) is 0 Å². The first-order valence-corrected chi connectivity index (χ1v) is 5.57. The number of nitrogens with zero attached hydrogens (tertiary/aromatic N) is 2. The van der Waals surface area contributed by atoms with Crippen LogP contribution < -0.4 is 0 Å². The molecule has 4 heteroatoms. The van der Waals surface area contributed by atoms with Crippen LogP contribution in [-0.4, -0.2) is 15.0 Å². The monoisotopic (exact) mass is 215 g/mol. The molecule has 15 heavy (non-hydrogen) atoms. The third-order valence-corrected chi connectivity index (χ3v) is 3.23. The molecule has 0 spiro atoms. The summed E-state index contributed by atoms with van der Waals surface area (Å²) >= 11 is 1.65. The van der Waals surface area contributed by atoms with Gasteiger partial charge in [-0.05, 0) is 25.1 Å². The molecule has 74 valence electrons. The Morgan fingerprint density at radius 1 is 1.40 bits per heavy atom. The molecule has 3 aromatic rings. The molecule has 0 aliphatic heterocycles. The largest absolute Gasteiger partial charge is 0.351 e. The minimum atomic E-state index is 0.986. The molecule has 0 saturated carbocycles. The van der Waals surface area contributed by atoms with Crippen molar-refractivity contribution in [3.8, 4) is 10.7 Å². The quantitative estimate of drug-likeness (QED) is 0.678. The number of aromatic nitrogens is 3. The predicted molar refractivity (Wildman–Crippen MR) is 61.9 cm³/mol. The topological polar surface area (TPSA) is 41.6 Å². The zero-order valence-electron chi connectivity index (χ0n) is 8.19. The summed E-state index contributed by atoms with van der Waals surface area (Å²) in [6.45, 7) is 2.00. The van der Waals surface area contributed by atoms with Crippen molar-refractivity contribution in [2.45, 2.75) is 6.92 Å². The molecule has 0 aliphatic carbocycles. The van der Waals surface area contributed by atoms with E-state index in [9.17, 15) is 0 Å². The van der Waals surface area contributed by atoms with E-state index in [1.807, 2.05) is 30.5 Å². The minimum absolute atomic E-state index is 0.986. The summed E-state index contributed by atoms with van der Waals surface area (Å²) in [5.41, 5.74) is 4.14. The maximum atomic E-state index is 4.44. The number of hydrogen-bond donors (Lipinski definition) is 1. The average molecular weight is 215 g/mol. The molecule has 3 nitrogen and oxygen atoms in total. The summed E-state index contributed by atoms with van der Waals surface area (Å²) in [5.74, 6) is 0. The van der Waals surface area contributed by atoms with Crippen molar-refractivity contribution in [1.82, 2.24) is 15.0 Å². The van der Waals surface area contributed by atoms with Crippen molar-refractivity contribution in [1.29, 1.82) is 0 Å². The summed E-state index contributed by atoms with van der Waals surface area (Å²) in [5, 5.41) is 3.07. The highest BCUT2D eigenvalue weighted by Crippen LogP contribution is 2.25. The Balaban J connectivity index is 2.19. The summed E-state index contributed by atoms with van der Waals surface area (Å²) in [6, 6.07) is 5.98. The molecule has 3 rings (SSSR count). The summed E-state index contributed by atoms with van der Waals surface area (Å²) in [4.78, 5) is 12.0. The number of fused-ring (bicyclic) bond motifs is 1. The molecule has 0 aliphatic rings. The van der Waals surface area contributed by atoms with E-state index in [2.05, 4.69) is 15.0 Å². The molecular formula is C11H9N3S. The van der Waals surface area contributed by atoms with Gasteiger partial charge in [-0.15, -0.1) is 11.3 Å². The highest BCUT2D eigenvalue weighted by Gasteiger charge is 2.06. The van der Waals surface area contributed by atoms with Gasteiger partial charge < -0.3 is 4.98 Å². The normalized spacial score (nSPS) is 11.0. The van der Waals surface area contributed by atoms with Crippen LogP contribution in [0, 0.1) is 6.92 Å². The molecule has 0 radical (unpaired) electrons. The summed E-state index contributed by atoms with van der Waals surface area (Å²) < 4.78 is 0. The third kappa shape index (κ3) is 1.43. The van der Waals surface area contributed by atoms with Crippen LogP contribution in [0.25, 0.3) is 21.7 Å². The second kappa shape index (κ2) is 3.17. The standard InChI is InChI=1S/C11H9N3S/c1-7-6-15-11(13-7)10-5-9-8(14-10)3-2-4-12-9/h2-6,14H,1H3. The fourth-order valence-corrected chi connectivity index (χ4v) is 2.32. The zero-order chi connectivity index (χ0) is 10.3. The lowest BCUT2D eigenvalue weighted by Crippen LogP contribution is -1.75. The zero-order valence-corrected chi connectivity index (χ0v) is 9.01. The van der Waals surface area contributed by atoms with Gasteiger partial charge in [0.05, 0.1) is 16.7 Å². The maximum absolute atomic E-state index is 4.44. The van der Waals surface area contributed by atoms with Gasteiger partial charge in [0.1, 0.15) is 5.01 Å². The van der Waals surface area contributed by atoms with Gasteiger partial charge in [-0.25, -0.2) is 4.98 Å². The van der Waals surface area contributed by atoms with Crippen LogP contribution in [0.2, 0.25) is 0 Å². The van der Waals surface area contributed by atoms with Crippen LogP contribution in [0.15, 0.2) is 29.8 Å².